The van der Waals surface area contributed by atoms with Crippen LogP contribution in [0.5, 0.6) is 11.5 Å². The monoisotopic (exact) mass is 502 g/mol. The van der Waals surface area contributed by atoms with Crippen LogP contribution in [0.3, 0.4) is 0 Å². The SMILES string of the molecule is Cc1c(C(CC(C)c2ccccc2)c2ccccc2)ccc(O)c1-c1c(O)ccc(S(=O)(=O)O)c1C. The van der Waals surface area contributed by atoms with Crippen molar-refractivity contribution in [2.45, 2.75) is 43.9 Å². The topological polar surface area (TPSA) is 94.8 Å². The van der Waals surface area contributed by atoms with Crippen molar-refractivity contribution in [2.24, 2.45) is 0 Å². The number of hydrogen-bond donors (Lipinski definition) is 3. The van der Waals surface area contributed by atoms with E-state index in [0.29, 0.717) is 5.56 Å². The molecule has 0 aliphatic heterocycles. The van der Waals surface area contributed by atoms with Gasteiger partial charge >= 0.3 is 0 Å². The van der Waals surface area contributed by atoms with Gasteiger partial charge in [0.2, 0.25) is 0 Å². The molecule has 3 N–H and O–H groups in total. The highest BCUT2D eigenvalue weighted by Crippen LogP contribution is 2.46. The van der Waals surface area contributed by atoms with Gasteiger partial charge in [-0.1, -0.05) is 73.7 Å². The van der Waals surface area contributed by atoms with Crippen LogP contribution in [0.1, 0.15) is 53.0 Å². The molecule has 6 heteroatoms. The van der Waals surface area contributed by atoms with Crippen molar-refractivity contribution in [1.29, 1.82) is 0 Å². The Morgan fingerprint density at radius 1 is 0.694 bits per heavy atom. The van der Waals surface area contributed by atoms with Crippen molar-refractivity contribution >= 4 is 10.1 Å². The van der Waals surface area contributed by atoms with Crippen LogP contribution < -0.4 is 0 Å². The summed E-state index contributed by atoms with van der Waals surface area (Å²) in [5.74, 6) is -0.0338. The lowest BCUT2D eigenvalue weighted by atomic mass is 9.78. The Labute approximate surface area is 212 Å². The van der Waals surface area contributed by atoms with Crippen molar-refractivity contribution in [3.63, 3.8) is 0 Å². The molecule has 186 valence electrons. The maximum atomic E-state index is 11.9. The zero-order chi connectivity index (χ0) is 26.0. The van der Waals surface area contributed by atoms with Crippen LogP contribution in [0, 0.1) is 13.8 Å². The maximum absolute atomic E-state index is 11.9. The van der Waals surface area contributed by atoms with Crippen LogP contribution in [0.4, 0.5) is 0 Å². The average Bonchev–Trinajstić information content (AvgIpc) is 2.85. The average molecular weight is 503 g/mol. The van der Waals surface area contributed by atoms with E-state index in [9.17, 15) is 23.2 Å². The summed E-state index contributed by atoms with van der Waals surface area (Å²) in [6.07, 6.45) is 0.801. The Kier molecular flexibility index (Phi) is 7.20. The Bertz CT molecular complexity index is 1480. The van der Waals surface area contributed by atoms with Gasteiger partial charge in [0.15, 0.2) is 0 Å². The molecule has 36 heavy (non-hydrogen) atoms. The number of aromatic hydroxyl groups is 2. The molecule has 0 aromatic heterocycles. The number of phenols is 2. The summed E-state index contributed by atoms with van der Waals surface area (Å²) in [6, 6.07) is 26.3. The number of rotatable bonds is 7. The summed E-state index contributed by atoms with van der Waals surface area (Å²) in [4.78, 5) is -0.309. The van der Waals surface area contributed by atoms with E-state index in [0.717, 1.165) is 29.2 Å². The molecule has 2 atom stereocenters. The molecule has 0 saturated carbocycles. The molecule has 2 unspecified atom stereocenters. The van der Waals surface area contributed by atoms with Crippen LogP contribution in [-0.4, -0.2) is 23.2 Å². The third-order valence-electron chi connectivity index (χ3n) is 6.94. The second kappa shape index (κ2) is 10.2. The molecule has 4 rings (SSSR count). The molecule has 0 spiro atoms. The largest absolute Gasteiger partial charge is 0.507 e. The fourth-order valence-electron chi connectivity index (χ4n) is 5.08. The predicted molar refractivity (Wildman–Crippen MR) is 142 cm³/mol. The Morgan fingerprint density at radius 2 is 1.19 bits per heavy atom. The predicted octanol–water partition coefficient (Wildman–Crippen LogP) is 6.95. The molecular formula is C30H30O5S. The Balaban J connectivity index is 1.91. The normalized spacial score (nSPS) is 13.3. The minimum Gasteiger partial charge on any atom is -0.507 e. The van der Waals surface area contributed by atoms with E-state index in [1.807, 2.05) is 49.4 Å². The van der Waals surface area contributed by atoms with E-state index in [1.165, 1.54) is 18.6 Å². The van der Waals surface area contributed by atoms with Crippen molar-refractivity contribution in [3.05, 3.63) is 113 Å². The fraction of sp³-hybridized carbons (Fsp3) is 0.200. The number of benzene rings is 4. The third kappa shape index (κ3) is 5.01. The van der Waals surface area contributed by atoms with Gasteiger partial charge in [-0.3, -0.25) is 4.55 Å². The Morgan fingerprint density at radius 3 is 1.75 bits per heavy atom. The van der Waals surface area contributed by atoms with Crippen molar-refractivity contribution in [2.75, 3.05) is 0 Å². The molecule has 0 bridgehead atoms. The first kappa shape index (κ1) is 25.5. The molecular weight excluding hydrogens is 472 g/mol. The lowest BCUT2D eigenvalue weighted by molar-refractivity contribution is 0.466. The van der Waals surface area contributed by atoms with E-state index >= 15 is 0 Å². The van der Waals surface area contributed by atoms with Crippen LogP contribution in [-0.2, 0) is 10.1 Å². The number of hydrogen-bond acceptors (Lipinski definition) is 4. The van der Waals surface area contributed by atoms with Crippen molar-refractivity contribution in [3.8, 4) is 22.6 Å². The third-order valence-corrected chi connectivity index (χ3v) is 7.94. The first-order valence-corrected chi connectivity index (χ1v) is 13.3. The lowest BCUT2D eigenvalue weighted by Crippen LogP contribution is -2.09. The molecule has 0 aliphatic rings. The van der Waals surface area contributed by atoms with E-state index in [4.69, 9.17) is 0 Å². The summed E-state index contributed by atoms with van der Waals surface area (Å²) in [5, 5.41) is 21.6. The lowest BCUT2D eigenvalue weighted by Gasteiger charge is -2.26. The quantitative estimate of drug-likeness (QED) is 0.238. The maximum Gasteiger partial charge on any atom is 0.294 e. The first-order valence-electron chi connectivity index (χ1n) is 11.8. The molecule has 0 heterocycles. The molecule has 5 nitrogen and oxygen atoms in total. The fourth-order valence-corrected chi connectivity index (χ4v) is 5.81. The summed E-state index contributed by atoms with van der Waals surface area (Å²) in [7, 11) is -4.52. The van der Waals surface area contributed by atoms with Gasteiger partial charge in [-0.25, -0.2) is 0 Å². The van der Waals surface area contributed by atoms with Gasteiger partial charge in [-0.15, -0.1) is 0 Å². The molecule has 4 aromatic carbocycles. The van der Waals surface area contributed by atoms with E-state index in [2.05, 4.69) is 31.2 Å². The molecule has 0 fully saturated rings. The highest BCUT2D eigenvalue weighted by atomic mass is 32.2. The molecule has 0 amide bonds. The van der Waals surface area contributed by atoms with Crippen LogP contribution in [0.2, 0.25) is 0 Å². The van der Waals surface area contributed by atoms with E-state index in [-0.39, 0.29) is 39.4 Å². The van der Waals surface area contributed by atoms with Gasteiger partial charge in [0.1, 0.15) is 11.5 Å². The van der Waals surface area contributed by atoms with Gasteiger partial charge in [-0.05, 0) is 72.2 Å². The molecule has 0 aliphatic carbocycles. The molecule has 4 aromatic rings. The number of phenolic OH excluding ortho intramolecular Hbond substituents is 2. The van der Waals surface area contributed by atoms with Gasteiger partial charge in [0.05, 0.1) is 4.90 Å². The summed E-state index contributed by atoms with van der Waals surface area (Å²) in [6.45, 7) is 5.57. The van der Waals surface area contributed by atoms with Gasteiger partial charge in [-0.2, -0.15) is 8.42 Å². The van der Waals surface area contributed by atoms with Crippen LogP contribution >= 0.6 is 0 Å². The van der Waals surface area contributed by atoms with Crippen LogP contribution in [0.25, 0.3) is 11.1 Å². The highest BCUT2D eigenvalue weighted by molar-refractivity contribution is 7.85. The smallest absolute Gasteiger partial charge is 0.294 e. The van der Waals surface area contributed by atoms with Crippen molar-refractivity contribution in [1.82, 2.24) is 0 Å². The highest BCUT2D eigenvalue weighted by Gasteiger charge is 2.26. The zero-order valence-corrected chi connectivity index (χ0v) is 21.3. The second-order valence-corrected chi connectivity index (χ2v) is 10.6. The van der Waals surface area contributed by atoms with Gasteiger partial charge in [0, 0.05) is 17.0 Å². The molecule has 0 radical (unpaired) electrons. The summed E-state index contributed by atoms with van der Waals surface area (Å²) in [5.41, 5.74) is 4.74. The van der Waals surface area contributed by atoms with E-state index < -0.39 is 10.1 Å². The van der Waals surface area contributed by atoms with Crippen LogP contribution in [0.15, 0.2) is 89.8 Å². The van der Waals surface area contributed by atoms with Gasteiger partial charge < -0.3 is 10.2 Å². The minimum absolute atomic E-state index is 0.0204. The molecule has 0 saturated heterocycles. The Hall–Kier alpha value is -3.61. The van der Waals surface area contributed by atoms with Gasteiger partial charge in [0.25, 0.3) is 10.1 Å². The summed E-state index contributed by atoms with van der Waals surface area (Å²) < 4.78 is 33.6. The zero-order valence-electron chi connectivity index (χ0n) is 20.5. The van der Waals surface area contributed by atoms with Crippen molar-refractivity contribution < 1.29 is 23.2 Å². The first-order chi connectivity index (χ1) is 17.1. The standard InChI is InChI=1S/C30H30O5S/c1-19(22-10-6-4-7-11-22)18-25(23-12-8-5-9-13-23)24-14-15-26(31)29(20(24)2)30-21(3)28(36(33,34)35)17-16-27(30)32/h4-17,19,25,31-32H,18H2,1-3H3,(H,33,34,35). The second-order valence-electron chi connectivity index (χ2n) is 9.24. The van der Waals surface area contributed by atoms with E-state index in [1.54, 1.807) is 6.07 Å². The summed E-state index contributed by atoms with van der Waals surface area (Å²) >= 11 is 0. The minimum atomic E-state index is -4.52.